The van der Waals surface area contributed by atoms with Gasteiger partial charge in [-0.3, -0.25) is 4.79 Å². The highest BCUT2D eigenvalue weighted by Gasteiger charge is 2.13. The molecular formula is C29H24N2O4. The van der Waals surface area contributed by atoms with Crippen molar-refractivity contribution in [3.63, 3.8) is 0 Å². The first-order chi connectivity index (χ1) is 17.2. The van der Waals surface area contributed by atoms with E-state index in [1.54, 1.807) is 42.5 Å². The quantitative estimate of drug-likeness (QED) is 0.120. The van der Waals surface area contributed by atoms with E-state index in [2.05, 4.69) is 17.1 Å². The molecule has 1 N–H and O–H groups in total. The molecule has 0 aliphatic heterocycles. The van der Waals surface area contributed by atoms with Gasteiger partial charge in [-0.1, -0.05) is 72.8 Å². The molecule has 0 bridgehead atoms. The number of carbonyl (C=O) groups is 2. The molecule has 0 aliphatic rings. The number of benzene rings is 4. The van der Waals surface area contributed by atoms with Crippen LogP contribution in [0.2, 0.25) is 0 Å². The van der Waals surface area contributed by atoms with Gasteiger partial charge in [-0.15, -0.1) is 6.58 Å². The molecular weight excluding hydrogens is 440 g/mol. The van der Waals surface area contributed by atoms with Crippen molar-refractivity contribution in [2.24, 2.45) is 5.10 Å². The van der Waals surface area contributed by atoms with E-state index in [1.807, 2.05) is 54.6 Å². The molecule has 0 atom stereocenters. The largest absolute Gasteiger partial charge is 0.483 e. The number of allylic oxidation sites excluding steroid dienone is 1. The number of amides is 1. The van der Waals surface area contributed by atoms with Gasteiger partial charge in [-0.25, -0.2) is 10.2 Å². The first kappa shape index (κ1) is 23.4. The second kappa shape index (κ2) is 11.4. The maximum absolute atomic E-state index is 12.6. The smallest absolute Gasteiger partial charge is 0.343 e. The number of hydrogen-bond acceptors (Lipinski definition) is 5. The number of nitrogens with one attached hydrogen (secondary N) is 1. The minimum absolute atomic E-state index is 0.198. The zero-order chi connectivity index (χ0) is 24.5. The summed E-state index contributed by atoms with van der Waals surface area (Å²) in [5, 5.41) is 5.87. The van der Waals surface area contributed by atoms with Gasteiger partial charge < -0.3 is 9.47 Å². The Morgan fingerprint density at radius 3 is 2.43 bits per heavy atom. The van der Waals surface area contributed by atoms with Crippen LogP contribution in [-0.4, -0.2) is 24.7 Å². The highest BCUT2D eigenvalue weighted by atomic mass is 16.5. The van der Waals surface area contributed by atoms with E-state index in [1.165, 1.54) is 6.21 Å². The number of para-hydroxylation sites is 1. The first-order valence-corrected chi connectivity index (χ1v) is 11.1. The molecule has 35 heavy (non-hydrogen) atoms. The summed E-state index contributed by atoms with van der Waals surface area (Å²) in [7, 11) is 0. The van der Waals surface area contributed by atoms with Gasteiger partial charge in [0.15, 0.2) is 6.61 Å². The third-order valence-electron chi connectivity index (χ3n) is 5.22. The predicted molar refractivity (Wildman–Crippen MR) is 137 cm³/mol. The van der Waals surface area contributed by atoms with Crippen LogP contribution in [0.25, 0.3) is 10.8 Å². The van der Waals surface area contributed by atoms with Crippen LogP contribution < -0.4 is 14.9 Å². The van der Waals surface area contributed by atoms with Crippen molar-refractivity contribution in [1.82, 2.24) is 5.43 Å². The number of carbonyl (C=O) groups excluding carboxylic acids is 2. The van der Waals surface area contributed by atoms with Crippen molar-refractivity contribution in [2.45, 2.75) is 6.42 Å². The summed E-state index contributed by atoms with van der Waals surface area (Å²) in [6, 6.07) is 27.5. The van der Waals surface area contributed by atoms with E-state index in [0.717, 1.165) is 16.3 Å². The van der Waals surface area contributed by atoms with Crippen molar-refractivity contribution in [1.29, 1.82) is 0 Å². The third-order valence-corrected chi connectivity index (χ3v) is 5.22. The van der Waals surface area contributed by atoms with E-state index in [9.17, 15) is 9.59 Å². The fraction of sp³-hybridized carbons (Fsp3) is 0.0690. The lowest BCUT2D eigenvalue weighted by molar-refractivity contribution is -0.123. The van der Waals surface area contributed by atoms with Crippen LogP contribution in [0.4, 0.5) is 0 Å². The van der Waals surface area contributed by atoms with E-state index >= 15 is 0 Å². The van der Waals surface area contributed by atoms with E-state index in [0.29, 0.717) is 29.0 Å². The molecule has 0 saturated carbocycles. The zero-order valence-corrected chi connectivity index (χ0v) is 19.0. The Morgan fingerprint density at radius 2 is 1.60 bits per heavy atom. The molecule has 0 heterocycles. The molecule has 0 fully saturated rings. The highest BCUT2D eigenvalue weighted by Crippen LogP contribution is 2.27. The summed E-state index contributed by atoms with van der Waals surface area (Å²) in [5.74, 6) is 0.0599. The summed E-state index contributed by atoms with van der Waals surface area (Å²) in [6.45, 7) is 3.54. The Hall–Kier alpha value is -4.71. The Morgan fingerprint density at radius 1 is 0.857 bits per heavy atom. The minimum atomic E-state index is -0.480. The van der Waals surface area contributed by atoms with Gasteiger partial charge >= 0.3 is 5.97 Å². The fourth-order valence-corrected chi connectivity index (χ4v) is 3.54. The number of nitrogens with zero attached hydrogens (tertiary/aromatic N) is 1. The van der Waals surface area contributed by atoms with Gasteiger partial charge in [0, 0.05) is 5.56 Å². The molecule has 0 aromatic heterocycles. The highest BCUT2D eigenvalue weighted by molar-refractivity contribution is 6.04. The standard InChI is InChI=1S/C29H24N2O4/c1-2-10-22-12-7-9-16-26(22)34-20-28(32)31-30-19-25-24-15-8-6-11-21(24)17-18-27(25)35-29(33)23-13-4-3-5-14-23/h2-9,11-19H,1,10,20H2,(H,31,32)/b30-19-. The monoisotopic (exact) mass is 464 g/mol. The third kappa shape index (κ3) is 6.00. The summed E-state index contributed by atoms with van der Waals surface area (Å²) >= 11 is 0. The maximum atomic E-state index is 12.6. The number of hydrazone groups is 1. The van der Waals surface area contributed by atoms with Gasteiger partial charge in [-0.05, 0) is 47.0 Å². The molecule has 6 heteroatoms. The number of hydrogen-bond donors (Lipinski definition) is 1. The molecule has 0 aliphatic carbocycles. The second-order valence-corrected chi connectivity index (χ2v) is 7.64. The normalized spacial score (nSPS) is 10.7. The average molecular weight is 465 g/mol. The molecule has 4 aromatic carbocycles. The van der Waals surface area contributed by atoms with Crippen molar-refractivity contribution >= 4 is 28.9 Å². The number of esters is 1. The van der Waals surface area contributed by atoms with Crippen LogP contribution in [0.3, 0.4) is 0 Å². The number of fused-ring (bicyclic) bond motifs is 1. The summed E-state index contributed by atoms with van der Waals surface area (Å²) in [5.41, 5.74) is 4.43. The molecule has 6 nitrogen and oxygen atoms in total. The van der Waals surface area contributed by atoms with E-state index in [-0.39, 0.29) is 6.61 Å². The summed E-state index contributed by atoms with van der Waals surface area (Å²) in [4.78, 5) is 25.0. The fourth-order valence-electron chi connectivity index (χ4n) is 3.54. The maximum Gasteiger partial charge on any atom is 0.343 e. The lowest BCUT2D eigenvalue weighted by Gasteiger charge is -2.11. The van der Waals surface area contributed by atoms with E-state index < -0.39 is 11.9 Å². The van der Waals surface area contributed by atoms with Crippen molar-refractivity contribution in [3.8, 4) is 11.5 Å². The molecule has 4 rings (SSSR count). The van der Waals surface area contributed by atoms with Crippen LogP contribution >= 0.6 is 0 Å². The molecule has 174 valence electrons. The Bertz CT molecular complexity index is 1380. The van der Waals surface area contributed by atoms with Crippen LogP contribution in [0.15, 0.2) is 109 Å². The predicted octanol–water partition coefficient (Wildman–Crippen LogP) is 5.32. The zero-order valence-electron chi connectivity index (χ0n) is 19.0. The van der Waals surface area contributed by atoms with Crippen molar-refractivity contribution in [2.75, 3.05) is 6.61 Å². The van der Waals surface area contributed by atoms with Gasteiger partial charge in [0.2, 0.25) is 0 Å². The SMILES string of the molecule is C=CCc1ccccc1OCC(=O)N/N=C\c1c(OC(=O)c2ccccc2)ccc2ccccc12. The van der Waals surface area contributed by atoms with Crippen molar-refractivity contribution < 1.29 is 19.1 Å². The van der Waals surface area contributed by atoms with Gasteiger partial charge in [0.25, 0.3) is 5.91 Å². The topological polar surface area (TPSA) is 77.0 Å². The van der Waals surface area contributed by atoms with Gasteiger partial charge in [0.1, 0.15) is 11.5 Å². The first-order valence-electron chi connectivity index (χ1n) is 11.1. The minimum Gasteiger partial charge on any atom is -0.483 e. The van der Waals surface area contributed by atoms with Crippen LogP contribution in [-0.2, 0) is 11.2 Å². The van der Waals surface area contributed by atoms with Crippen LogP contribution in [0.1, 0.15) is 21.5 Å². The molecule has 0 radical (unpaired) electrons. The lowest BCUT2D eigenvalue weighted by Crippen LogP contribution is -2.25. The molecule has 0 spiro atoms. The summed E-state index contributed by atoms with van der Waals surface area (Å²) in [6.07, 6.45) is 3.89. The van der Waals surface area contributed by atoms with Gasteiger partial charge in [-0.2, -0.15) is 5.10 Å². The van der Waals surface area contributed by atoms with Crippen LogP contribution in [0, 0.1) is 0 Å². The van der Waals surface area contributed by atoms with Crippen LogP contribution in [0.5, 0.6) is 11.5 Å². The average Bonchev–Trinajstić information content (AvgIpc) is 2.90. The second-order valence-electron chi connectivity index (χ2n) is 7.64. The molecule has 0 saturated heterocycles. The lowest BCUT2D eigenvalue weighted by atomic mass is 10.0. The summed E-state index contributed by atoms with van der Waals surface area (Å²) < 4.78 is 11.3. The number of ether oxygens (including phenoxy) is 2. The Kier molecular flexibility index (Phi) is 7.66. The Balaban J connectivity index is 1.49. The van der Waals surface area contributed by atoms with Gasteiger partial charge in [0.05, 0.1) is 11.8 Å². The molecule has 1 amide bonds. The molecule has 4 aromatic rings. The van der Waals surface area contributed by atoms with Crippen molar-refractivity contribution in [3.05, 3.63) is 120 Å². The Labute approximate surface area is 203 Å². The van der Waals surface area contributed by atoms with E-state index in [4.69, 9.17) is 9.47 Å². The molecule has 0 unspecified atom stereocenters. The number of rotatable bonds is 9.